The fourth-order valence-electron chi connectivity index (χ4n) is 3.77. The van der Waals surface area contributed by atoms with Gasteiger partial charge in [0.2, 0.25) is 0 Å². The number of ether oxygens (including phenoxy) is 1. The van der Waals surface area contributed by atoms with Gasteiger partial charge in [0.15, 0.2) is 0 Å². The molecule has 0 aromatic rings. The highest BCUT2D eigenvalue weighted by molar-refractivity contribution is 5.68. The van der Waals surface area contributed by atoms with Gasteiger partial charge in [-0.15, -0.1) is 0 Å². The Morgan fingerprint density at radius 2 is 1.77 bits per heavy atom. The van der Waals surface area contributed by atoms with Crippen molar-refractivity contribution in [3.8, 4) is 0 Å². The van der Waals surface area contributed by atoms with E-state index in [0.29, 0.717) is 0 Å². The topological polar surface area (TPSA) is 32.8 Å². The fourth-order valence-corrected chi connectivity index (χ4v) is 3.77. The molecule has 0 saturated carbocycles. The summed E-state index contributed by atoms with van der Waals surface area (Å²) in [6.07, 6.45) is 5.57. The lowest BCUT2D eigenvalue weighted by Crippen LogP contribution is -2.49. The molecule has 1 aliphatic rings. The van der Waals surface area contributed by atoms with Gasteiger partial charge < -0.3 is 9.64 Å². The molecule has 1 rings (SSSR count). The molecule has 1 saturated heterocycles. The second-order valence-corrected chi connectivity index (χ2v) is 7.47. The maximum atomic E-state index is 12.3. The first kappa shape index (κ1) is 19.3. The van der Waals surface area contributed by atoms with Crippen LogP contribution in [-0.4, -0.2) is 53.2 Å². The van der Waals surface area contributed by atoms with Crippen molar-refractivity contribution in [3.63, 3.8) is 0 Å². The lowest BCUT2D eigenvalue weighted by molar-refractivity contribution is 0.0235. The molecule has 130 valence electrons. The summed E-state index contributed by atoms with van der Waals surface area (Å²) in [5.41, 5.74) is -0.155. The Morgan fingerprint density at radius 1 is 1.14 bits per heavy atom. The molecule has 1 aliphatic heterocycles. The lowest BCUT2D eigenvalue weighted by Gasteiger charge is -2.43. The van der Waals surface area contributed by atoms with Crippen molar-refractivity contribution in [1.82, 2.24) is 9.80 Å². The summed E-state index contributed by atoms with van der Waals surface area (Å²) in [6.45, 7) is 16.4. The van der Waals surface area contributed by atoms with Crippen LogP contribution in [0, 0.1) is 0 Å². The minimum atomic E-state index is -0.414. The Bertz CT molecular complexity index is 347. The molecule has 4 nitrogen and oxygen atoms in total. The maximum absolute atomic E-state index is 12.3. The highest BCUT2D eigenvalue weighted by atomic mass is 16.6. The molecule has 4 heteroatoms. The van der Waals surface area contributed by atoms with Gasteiger partial charge in [-0.3, -0.25) is 4.90 Å². The van der Waals surface area contributed by atoms with Gasteiger partial charge in [0, 0.05) is 18.6 Å². The van der Waals surface area contributed by atoms with Crippen molar-refractivity contribution in [2.24, 2.45) is 0 Å². The zero-order valence-corrected chi connectivity index (χ0v) is 15.6. The third kappa shape index (κ3) is 5.15. The number of carbonyl (C=O) groups is 1. The van der Waals surface area contributed by atoms with E-state index in [1.807, 2.05) is 25.7 Å². The molecular weight excluding hydrogens is 276 g/mol. The fraction of sp³-hybridized carbons (Fsp3) is 0.944. The molecule has 0 bridgehead atoms. The minimum Gasteiger partial charge on any atom is -0.444 e. The zero-order chi connectivity index (χ0) is 16.8. The molecule has 0 aromatic carbocycles. The van der Waals surface area contributed by atoms with Gasteiger partial charge in [-0.25, -0.2) is 4.79 Å². The normalized spacial score (nSPS) is 23.5. The first-order valence-corrected chi connectivity index (χ1v) is 9.01. The van der Waals surface area contributed by atoms with Crippen LogP contribution in [0.2, 0.25) is 0 Å². The predicted molar refractivity (Wildman–Crippen MR) is 92.2 cm³/mol. The van der Waals surface area contributed by atoms with E-state index in [9.17, 15) is 4.79 Å². The number of rotatable bonds is 5. The van der Waals surface area contributed by atoms with E-state index >= 15 is 0 Å². The SMILES string of the molecule is CCCC1(N(CC)CC)CCCN(C(=O)OC(C)(C)C)CC1. The number of hydrogen-bond donors (Lipinski definition) is 0. The average molecular weight is 312 g/mol. The number of carbonyl (C=O) groups excluding carboxylic acids is 1. The summed E-state index contributed by atoms with van der Waals surface area (Å²) in [6, 6.07) is 0. The van der Waals surface area contributed by atoms with Gasteiger partial charge in [0.05, 0.1) is 0 Å². The molecule has 0 radical (unpaired) electrons. The van der Waals surface area contributed by atoms with Crippen molar-refractivity contribution in [2.75, 3.05) is 26.2 Å². The van der Waals surface area contributed by atoms with Crippen LogP contribution in [0.1, 0.15) is 73.6 Å². The smallest absolute Gasteiger partial charge is 0.410 e. The molecule has 22 heavy (non-hydrogen) atoms. The molecule has 0 aliphatic carbocycles. The van der Waals surface area contributed by atoms with E-state index in [1.54, 1.807) is 0 Å². The van der Waals surface area contributed by atoms with Crippen LogP contribution in [0.25, 0.3) is 0 Å². The molecule has 1 unspecified atom stereocenters. The lowest BCUT2D eigenvalue weighted by atomic mass is 9.84. The van der Waals surface area contributed by atoms with Gasteiger partial charge in [0.1, 0.15) is 5.60 Å². The van der Waals surface area contributed by atoms with Gasteiger partial charge >= 0.3 is 6.09 Å². The van der Waals surface area contributed by atoms with Crippen molar-refractivity contribution in [3.05, 3.63) is 0 Å². The van der Waals surface area contributed by atoms with Crippen molar-refractivity contribution in [1.29, 1.82) is 0 Å². The first-order valence-electron chi connectivity index (χ1n) is 9.01. The third-order valence-corrected chi connectivity index (χ3v) is 4.72. The second kappa shape index (κ2) is 8.19. The van der Waals surface area contributed by atoms with E-state index in [0.717, 1.165) is 39.0 Å². The first-order chi connectivity index (χ1) is 10.3. The summed E-state index contributed by atoms with van der Waals surface area (Å²) >= 11 is 0. The standard InChI is InChI=1S/C18H36N2O2/c1-7-11-18(20(8-2)9-3)12-10-14-19(15-13-18)16(21)22-17(4,5)6/h7-15H2,1-6H3. The largest absolute Gasteiger partial charge is 0.444 e. The quantitative estimate of drug-likeness (QED) is 0.759. The van der Waals surface area contributed by atoms with Crippen LogP contribution in [0.4, 0.5) is 4.79 Å². The van der Waals surface area contributed by atoms with E-state index in [2.05, 4.69) is 25.7 Å². The van der Waals surface area contributed by atoms with Gasteiger partial charge in [-0.2, -0.15) is 0 Å². The van der Waals surface area contributed by atoms with Crippen LogP contribution in [0.15, 0.2) is 0 Å². The molecule has 1 fully saturated rings. The maximum Gasteiger partial charge on any atom is 0.410 e. The van der Waals surface area contributed by atoms with E-state index in [1.165, 1.54) is 19.3 Å². The molecule has 0 N–H and O–H groups in total. The van der Waals surface area contributed by atoms with E-state index in [4.69, 9.17) is 4.74 Å². The predicted octanol–water partition coefficient (Wildman–Crippen LogP) is 4.29. The van der Waals surface area contributed by atoms with Gasteiger partial charge in [-0.1, -0.05) is 27.2 Å². The molecule has 1 heterocycles. The van der Waals surface area contributed by atoms with E-state index < -0.39 is 5.60 Å². The molecule has 1 atom stereocenters. The van der Waals surface area contributed by atoms with Crippen LogP contribution in [-0.2, 0) is 4.74 Å². The van der Waals surface area contributed by atoms with Gasteiger partial charge in [-0.05, 0) is 59.5 Å². The molecular formula is C18H36N2O2. The molecule has 0 spiro atoms. The second-order valence-electron chi connectivity index (χ2n) is 7.47. The average Bonchev–Trinajstić information content (AvgIpc) is 2.62. The van der Waals surface area contributed by atoms with Crippen LogP contribution < -0.4 is 0 Å². The summed E-state index contributed by atoms with van der Waals surface area (Å²) < 4.78 is 5.55. The summed E-state index contributed by atoms with van der Waals surface area (Å²) in [4.78, 5) is 16.8. The number of likely N-dealkylation sites (tertiary alicyclic amines) is 1. The Labute approximate surface area is 137 Å². The number of hydrogen-bond acceptors (Lipinski definition) is 3. The Kier molecular flexibility index (Phi) is 7.17. The third-order valence-electron chi connectivity index (χ3n) is 4.72. The zero-order valence-electron chi connectivity index (χ0n) is 15.6. The Morgan fingerprint density at radius 3 is 2.27 bits per heavy atom. The van der Waals surface area contributed by atoms with Crippen molar-refractivity contribution in [2.45, 2.75) is 84.8 Å². The highest BCUT2D eigenvalue weighted by Crippen LogP contribution is 2.33. The summed E-state index contributed by atoms with van der Waals surface area (Å²) in [5.74, 6) is 0. The summed E-state index contributed by atoms with van der Waals surface area (Å²) in [5, 5.41) is 0. The van der Waals surface area contributed by atoms with Crippen LogP contribution in [0.3, 0.4) is 0 Å². The van der Waals surface area contributed by atoms with Crippen molar-refractivity contribution < 1.29 is 9.53 Å². The van der Waals surface area contributed by atoms with E-state index in [-0.39, 0.29) is 11.6 Å². The Balaban J connectivity index is 2.78. The van der Waals surface area contributed by atoms with Crippen molar-refractivity contribution >= 4 is 6.09 Å². The number of nitrogens with zero attached hydrogens (tertiary/aromatic N) is 2. The van der Waals surface area contributed by atoms with Gasteiger partial charge in [0.25, 0.3) is 0 Å². The molecule has 1 amide bonds. The monoisotopic (exact) mass is 312 g/mol. The highest BCUT2D eigenvalue weighted by Gasteiger charge is 2.37. The number of amides is 1. The Hall–Kier alpha value is -0.770. The summed E-state index contributed by atoms with van der Waals surface area (Å²) in [7, 11) is 0. The van der Waals surface area contributed by atoms with Crippen LogP contribution >= 0.6 is 0 Å². The minimum absolute atomic E-state index is 0.153. The molecule has 0 aromatic heterocycles. The van der Waals surface area contributed by atoms with Crippen LogP contribution in [0.5, 0.6) is 0 Å².